The summed E-state index contributed by atoms with van der Waals surface area (Å²) in [5.41, 5.74) is -0.397. The van der Waals surface area contributed by atoms with E-state index in [9.17, 15) is 18.0 Å². The molecule has 0 bridgehead atoms. The molecule has 0 unspecified atom stereocenters. The molecule has 0 radical (unpaired) electrons. The van der Waals surface area contributed by atoms with Crippen LogP contribution in [0.2, 0.25) is 0 Å². The number of carbonyl (C=O) groups is 1. The van der Waals surface area contributed by atoms with Crippen molar-refractivity contribution < 1.29 is 18.0 Å². The van der Waals surface area contributed by atoms with Crippen LogP contribution in [-0.2, 0) is 11.0 Å². The van der Waals surface area contributed by atoms with E-state index < -0.39 is 23.8 Å². The zero-order valence-electron chi connectivity index (χ0n) is 11.9. The molecule has 0 aliphatic heterocycles. The van der Waals surface area contributed by atoms with Gasteiger partial charge in [0.25, 0.3) is 0 Å². The summed E-state index contributed by atoms with van der Waals surface area (Å²) in [6.07, 6.45) is -1.50. The molecule has 0 fully saturated rings. The molecular formula is C14H14F3N3OS. The highest BCUT2D eigenvalue weighted by Crippen LogP contribution is 2.28. The Labute approximate surface area is 129 Å². The summed E-state index contributed by atoms with van der Waals surface area (Å²) in [5, 5.41) is 6.12. The molecule has 1 heterocycles. The third kappa shape index (κ3) is 3.62. The summed E-state index contributed by atoms with van der Waals surface area (Å²) in [7, 11) is 0. The van der Waals surface area contributed by atoms with Crippen LogP contribution < -0.4 is 5.32 Å². The van der Waals surface area contributed by atoms with Gasteiger partial charge in [-0.3, -0.25) is 9.48 Å². The first kappa shape index (κ1) is 16.4. The average Bonchev–Trinajstić information content (AvgIpc) is 2.96. The molecule has 0 spiro atoms. The van der Waals surface area contributed by atoms with E-state index >= 15 is 0 Å². The number of para-hydroxylation sites is 1. The van der Waals surface area contributed by atoms with Gasteiger partial charge in [0, 0.05) is 11.1 Å². The van der Waals surface area contributed by atoms with Crippen molar-refractivity contribution in [1.82, 2.24) is 9.78 Å². The maximum atomic E-state index is 12.5. The number of carbonyl (C=O) groups excluding carboxylic acids is 1. The minimum Gasteiger partial charge on any atom is -0.323 e. The maximum absolute atomic E-state index is 12.5. The van der Waals surface area contributed by atoms with Crippen LogP contribution in [0.4, 0.5) is 18.9 Å². The van der Waals surface area contributed by atoms with Crippen molar-refractivity contribution in [1.29, 1.82) is 0 Å². The highest BCUT2D eigenvalue weighted by Gasteiger charge is 2.34. The predicted molar refractivity (Wildman–Crippen MR) is 78.8 cm³/mol. The number of anilines is 1. The Morgan fingerprint density at radius 1 is 1.32 bits per heavy atom. The fraction of sp³-hybridized carbons (Fsp3) is 0.286. The number of benzene rings is 1. The number of thioether (sulfide) groups is 1. The second kappa shape index (κ2) is 6.43. The van der Waals surface area contributed by atoms with E-state index in [4.69, 9.17) is 0 Å². The van der Waals surface area contributed by atoms with Gasteiger partial charge >= 0.3 is 6.18 Å². The molecule has 1 amide bonds. The molecule has 0 saturated carbocycles. The van der Waals surface area contributed by atoms with Crippen LogP contribution in [0.1, 0.15) is 18.7 Å². The standard InChI is InChI=1S/C14H14F3N3OS/c1-9(20-8-7-12(19-20)14(15,16)17)13(21)18-10-5-3-4-6-11(10)22-2/h3-9H,1-2H3,(H,18,21)/t9-/m0/s1. The number of rotatable bonds is 4. The van der Waals surface area contributed by atoms with Crippen molar-refractivity contribution >= 4 is 23.4 Å². The molecule has 0 aliphatic carbocycles. The van der Waals surface area contributed by atoms with Crippen LogP contribution >= 0.6 is 11.8 Å². The van der Waals surface area contributed by atoms with Crippen molar-refractivity contribution in [3.8, 4) is 0 Å². The monoisotopic (exact) mass is 329 g/mol. The molecule has 1 atom stereocenters. The van der Waals surface area contributed by atoms with Gasteiger partial charge in [-0.15, -0.1) is 11.8 Å². The topological polar surface area (TPSA) is 46.9 Å². The van der Waals surface area contributed by atoms with Crippen LogP contribution in [0.15, 0.2) is 41.4 Å². The summed E-state index contributed by atoms with van der Waals surface area (Å²) in [5.74, 6) is -0.432. The first-order valence-corrected chi connectivity index (χ1v) is 7.61. The zero-order chi connectivity index (χ0) is 16.3. The van der Waals surface area contributed by atoms with Gasteiger partial charge in [0.05, 0.1) is 5.69 Å². The van der Waals surface area contributed by atoms with Crippen LogP contribution in [0.5, 0.6) is 0 Å². The van der Waals surface area contributed by atoms with Crippen LogP contribution in [0.25, 0.3) is 0 Å². The predicted octanol–water partition coefficient (Wildman–Crippen LogP) is 3.82. The highest BCUT2D eigenvalue weighted by atomic mass is 32.2. The van der Waals surface area contributed by atoms with Gasteiger partial charge in [-0.2, -0.15) is 18.3 Å². The molecular weight excluding hydrogens is 315 g/mol. The van der Waals surface area contributed by atoms with E-state index in [0.29, 0.717) is 5.69 Å². The second-order valence-corrected chi connectivity index (χ2v) is 5.39. The number of hydrogen-bond donors (Lipinski definition) is 1. The molecule has 22 heavy (non-hydrogen) atoms. The molecule has 8 heteroatoms. The molecule has 1 aromatic carbocycles. The fourth-order valence-electron chi connectivity index (χ4n) is 1.81. The van der Waals surface area contributed by atoms with E-state index in [-0.39, 0.29) is 0 Å². The lowest BCUT2D eigenvalue weighted by Crippen LogP contribution is -2.24. The number of nitrogens with zero attached hydrogens (tertiary/aromatic N) is 2. The molecule has 4 nitrogen and oxygen atoms in total. The van der Waals surface area contributed by atoms with Crippen LogP contribution in [-0.4, -0.2) is 21.9 Å². The zero-order valence-corrected chi connectivity index (χ0v) is 12.7. The lowest BCUT2D eigenvalue weighted by molar-refractivity contribution is -0.141. The first-order chi connectivity index (χ1) is 10.3. The molecule has 0 saturated heterocycles. The fourth-order valence-corrected chi connectivity index (χ4v) is 2.36. The highest BCUT2D eigenvalue weighted by molar-refractivity contribution is 7.98. The summed E-state index contributed by atoms with van der Waals surface area (Å²) >= 11 is 1.47. The minimum atomic E-state index is -4.52. The smallest absolute Gasteiger partial charge is 0.323 e. The number of alkyl halides is 3. The molecule has 2 aromatic rings. The average molecular weight is 329 g/mol. The van der Waals surface area contributed by atoms with E-state index in [2.05, 4.69) is 10.4 Å². The van der Waals surface area contributed by atoms with Crippen molar-refractivity contribution in [3.63, 3.8) is 0 Å². The van der Waals surface area contributed by atoms with Crippen molar-refractivity contribution in [2.75, 3.05) is 11.6 Å². The maximum Gasteiger partial charge on any atom is 0.435 e. The van der Waals surface area contributed by atoms with Crippen LogP contribution in [0, 0.1) is 0 Å². The lowest BCUT2D eigenvalue weighted by Gasteiger charge is -2.14. The van der Waals surface area contributed by atoms with Crippen molar-refractivity contribution in [2.45, 2.75) is 24.0 Å². The number of amides is 1. The van der Waals surface area contributed by atoms with E-state index in [1.54, 1.807) is 12.1 Å². The quantitative estimate of drug-likeness (QED) is 0.868. The van der Waals surface area contributed by atoms with E-state index in [0.717, 1.165) is 21.8 Å². The SMILES string of the molecule is CSc1ccccc1NC(=O)[C@H](C)n1ccc(C(F)(F)F)n1. The number of nitrogens with one attached hydrogen (secondary N) is 1. The molecule has 118 valence electrons. The minimum absolute atomic E-state index is 0.432. The Bertz CT molecular complexity index is 669. The number of hydrogen-bond acceptors (Lipinski definition) is 3. The molecule has 0 aliphatic rings. The van der Waals surface area contributed by atoms with Gasteiger partial charge in [-0.05, 0) is 31.4 Å². The Balaban J connectivity index is 2.14. The molecule has 2 rings (SSSR count). The van der Waals surface area contributed by atoms with E-state index in [1.807, 2.05) is 18.4 Å². The Morgan fingerprint density at radius 2 is 2.00 bits per heavy atom. The molecule has 1 N–H and O–H groups in total. The third-order valence-corrected chi connectivity index (χ3v) is 3.84. The van der Waals surface area contributed by atoms with Crippen LogP contribution in [0.3, 0.4) is 0 Å². The second-order valence-electron chi connectivity index (χ2n) is 4.54. The van der Waals surface area contributed by atoms with Gasteiger partial charge < -0.3 is 5.32 Å². The third-order valence-electron chi connectivity index (χ3n) is 3.04. The van der Waals surface area contributed by atoms with Crippen molar-refractivity contribution in [2.24, 2.45) is 0 Å². The molecule has 1 aromatic heterocycles. The van der Waals surface area contributed by atoms with E-state index in [1.165, 1.54) is 18.7 Å². The van der Waals surface area contributed by atoms with Gasteiger partial charge in [-0.25, -0.2) is 0 Å². The number of aromatic nitrogens is 2. The van der Waals surface area contributed by atoms with Gasteiger partial charge in [0.2, 0.25) is 5.91 Å². The summed E-state index contributed by atoms with van der Waals surface area (Å²) in [4.78, 5) is 13.1. The number of halogens is 3. The van der Waals surface area contributed by atoms with Crippen molar-refractivity contribution in [3.05, 3.63) is 42.2 Å². The van der Waals surface area contributed by atoms with Gasteiger partial charge in [0.1, 0.15) is 6.04 Å². The Hall–Kier alpha value is -1.96. The Kier molecular flexibility index (Phi) is 4.80. The van der Waals surface area contributed by atoms with Gasteiger partial charge in [-0.1, -0.05) is 12.1 Å². The van der Waals surface area contributed by atoms with Gasteiger partial charge in [0.15, 0.2) is 5.69 Å². The normalized spacial score (nSPS) is 13.0. The summed E-state index contributed by atoms with van der Waals surface area (Å²) in [6.45, 7) is 1.49. The summed E-state index contributed by atoms with van der Waals surface area (Å²) in [6, 6.07) is 7.19. The Morgan fingerprint density at radius 3 is 2.59 bits per heavy atom. The first-order valence-electron chi connectivity index (χ1n) is 6.39. The summed E-state index contributed by atoms with van der Waals surface area (Å²) < 4.78 is 38.6. The largest absolute Gasteiger partial charge is 0.435 e. The lowest BCUT2D eigenvalue weighted by atomic mass is 10.2.